The third kappa shape index (κ3) is 5.97. The van der Waals surface area contributed by atoms with E-state index in [1.54, 1.807) is 6.92 Å². The van der Waals surface area contributed by atoms with Gasteiger partial charge in [-0.3, -0.25) is 9.59 Å². The number of aryl methyl sites for hydroxylation is 1. The normalized spacial score (nSPS) is 12.7. The number of amides is 2. The van der Waals surface area contributed by atoms with Gasteiger partial charge >= 0.3 is 5.97 Å². The highest BCUT2D eigenvalue weighted by Gasteiger charge is 2.26. The van der Waals surface area contributed by atoms with Gasteiger partial charge in [-0.05, 0) is 25.0 Å². The Balaban J connectivity index is 0.00000392. The predicted molar refractivity (Wildman–Crippen MR) is 109 cm³/mol. The first-order valence-electron chi connectivity index (χ1n) is 8.87. The summed E-state index contributed by atoms with van der Waals surface area (Å²) in [5.74, 6) is -1.58. The Hall–Kier alpha value is -2.58. The number of carbonyl (C=O) groups excluding carboxylic acids is 3. The zero-order valence-corrected chi connectivity index (χ0v) is 16.8. The molecule has 154 valence electrons. The lowest BCUT2D eigenvalue weighted by Gasteiger charge is -2.19. The van der Waals surface area contributed by atoms with Crippen molar-refractivity contribution in [3.05, 3.63) is 36.0 Å². The molecule has 0 aliphatic rings. The third-order valence-corrected chi connectivity index (χ3v) is 4.33. The number of esters is 1. The van der Waals surface area contributed by atoms with Crippen molar-refractivity contribution < 1.29 is 19.1 Å². The van der Waals surface area contributed by atoms with Crippen molar-refractivity contribution in [3.8, 4) is 0 Å². The van der Waals surface area contributed by atoms with Crippen molar-refractivity contribution in [2.24, 2.45) is 18.5 Å². The fourth-order valence-corrected chi connectivity index (χ4v) is 2.95. The van der Waals surface area contributed by atoms with Crippen LogP contribution in [0, 0.1) is 0 Å². The molecule has 0 aliphatic carbocycles. The molecule has 0 aliphatic heterocycles. The number of ether oxygens (including phenoxy) is 1. The Morgan fingerprint density at radius 2 is 1.93 bits per heavy atom. The van der Waals surface area contributed by atoms with Gasteiger partial charge in [-0.15, -0.1) is 12.4 Å². The maximum atomic E-state index is 12.4. The van der Waals surface area contributed by atoms with E-state index in [2.05, 4.69) is 5.32 Å². The zero-order valence-electron chi connectivity index (χ0n) is 16.0. The number of nitrogens with zero attached hydrogens (tertiary/aromatic N) is 1. The van der Waals surface area contributed by atoms with E-state index in [0.717, 1.165) is 16.5 Å². The Labute approximate surface area is 170 Å². The lowest BCUT2D eigenvalue weighted by Crippen LogP contribution is -2.50. The fraction of sp³-hybridized carbons (Fsp3) is 0.421. The molecule has 1 aromatic carbocycles. The molecule has 0 radical (unpaired) electrons. The number of carbonyl (C=O) groups is 3. The van der Waals surface area contributed by atoms with Crippen LogP contribution in [0.25, 0.3) is 10.9 Å². The SMILES string of the molecule is CCOC(=O)[C@@H](Cc1cn(C)c2ccccc12)NC(=O)[C@@H](N)CCC(N)=O.Cl. The van der Waals surface area contributed by atoms with Crippen molar-refractivity contribution in [2.45, 2.75) is 38.3 Å². The molecule has 28 heavy (non-hydrogen) atoms. The van der Waals surface area contributed by atoms with E-state index in [9.17, 15) is 14.4 Å². The van der Waals surface area contributed by atoms with Gasteiger partial charge in [-0.2, -0.15) is 0 Å². The molecule has 1 aromatic heterocycles. The minimum atomic E-state index is -0.929. The summed E-state index contributed by atoms with van der Waals surface area (Å²) in [6, 6.07) is 6.01. The van der Waals surface area contributed by atoms with E-state index < -0.39 is 29.9 Å². The van der Waals surface area contributed by atoms with E-state index in [1.165, 1.54) is 0 Å². The predicted octanol–water partition coefficient (Wildman–Crippen LogP) is 0.783. The first-order chi connectivity index (χ1) is 12.8. The Morgan fingerprint density at radius 3 is 2.57 bits per heavy atom. The first-order valence-corrected chi connectivity index (χ1v) is 8.87. The number of benzene rings is 1. The number of aromatic nitrogens is 1. The maximum absolute atomic E-state index is 12.4. The summed E-state index contributed by atoms with van der Waals surface area (Å²) in [7, 11) is 1.92. The molecular weight excluding hydrogens is 384 g/mol. The van der Waals surface area contributed by atoms with E-state index in [4.69, 9.17) is 16.2 Å². The van der Waals surface area contributed by atoms with Crippen molar-refractivity contribution in [1.29, 1.82) is 0 Å². The average molecular weight is 411 g/mol. The summed E-state index contributed by atoms with van der Waals surface area (Å²) in [6.07, 6.45) is 2.32. The molecule has 8 nitrogen and oxygen atoms in total. The third-order valence-electron chi connectivity index (χ3n) is 4.33. The highest BCUT2D eigenvalue weighted by Crippen LogP contribution is 2.21. The molecular formula is C19H27ClN4O4. The Kier molecular flexibility index (Phi) is 8.94. The second-order valence-corrected chi connectivity index (χ2v) is 6.41. The van der Waals surface area contributed by atoms with Crippen molar-refractivity contribution in [2.75, 3.05) is 6.61 Å². The van der Waals surface area contributed by atoms with Crippen molar-refractivity contribution in [1.82, 2.24) is 9.88 Å². The maximum Gasteiger partial charge on any atom is 0.328 e. The molecule has 2 amide bonds. The van der Waals surface area contributed by atoms with E-state index in [0.29, 0.717) is 0 Å². The van der Waals surface area contributed by atoms with Crippen LogP contribution in [0.4, 0.5) is 0 Å². The number of fused-ring (bicyclic) bond motifs is 1. The molecule has 5 N–H and O–H groups in total. The van der Waals surface area contributed by atoms with Gasteiger partial charge in [0.2, 0.25) is 11.8 Å². The quantitative estimate of drug-likeness (QED) is 0.526. The van der Waals surface area contributed by atoms with Crippen LogP contribution in [-0.4, -0.2) is 41.0 Å². The zero-order chi connectivity index (χ0) is 20.0. The lowest BCUT2D eigenvalue weighted by atomic mass is 10.0. The van der Waals surface area contributed by atoms with Crippen LogP contribution < -0.4 is 16.8 Å². The van der Waals surface area contributed by atoms with Crippen molar-refractivity contribution in [3.63, 3.8) is 0 Å². The van der Waals surface area contributed by atoms with Crippen LogP contribution in [0.15, 0.2) is 30.5 Å². The lowest BCUT2D eigenvalue weighted by molar-refractivity contribution is -0.147. The largest absolute Gasteiger partial charge is 0.464 e. The molecule has 2 aromatic rings. The van der Waals surface area contributed by atoms with Crippen LogP contribution in [-0.2, 0) is 32.6 Å². The number of nitrogens with two attached hydrogens (primary N) is 2. The summed E-state index contributed by atoms with van der Waals surface area (Å²) >= 11 is 0. The molecule has 0 unspecified atom stereocenters. The van der Waals surface area contributed by atoms with E-state index >= 15 is 0 Å². The Morgan fingerprint density at radius 1 is 1.25 bits per heavy atom. The van der Waals surface area contributed by atoms with Gasteiger partial charge in [0, 0.05) is 37.0 Å². The summed E-state index contributed by atoms with van der Waals surface area (Å²) < 4.78 is 7.06. The number of halogens is 1. The van der Waals surface area contributed by atoms with Gasteiger partial charge in [0.05, 0.1) is 12.6 Å². The molecule has 0 saturated carbocycles. The van der Waals surface area contributed by atoms with E-state index in [-0.39, 0.29) is 38.3 Å². The fourth-order valence-electron chi connectivity index (χ4n) is 2.95. The molecule has 0 fully saturated rings. The molecule has 9 heteroatoms. The molecule has 0 saturated heterocycles. The second-order valence-electron chi connectivity index (χ2n) is 6.41. The van der Waals surface area contributed by atoms with Crippen molar-refractivity contribution >= 4 is 41.1 Å². The summed E-state index contributed by atoms with van der Waals surface area (Å²) in [4.78, 5) is 35.6. The van der Waals surface area contributed by atoms with Gasteiger partial charge in [-0.1, -0.05) is 18.2 Å². The number of rotatable bonds is 9. The van der Waals surface area contributed by atoms with Gasteiger partial charge in [0.25, 0.3) is 0 Å². The van der Waals surface area contributed by atoms with Crippen LogP contribution >= 0.6 is 12.4 Å². The van der Waals surface area contributed by atoms with Crippen LogP contribution in [0.1, 0.15) is 25.3 Å². The van der Waals surface area contributed by atoms with Gasteiger partial charge in [0.1, 0.15) is 6.04 Å². The topological polar surface area (TPSA) is 129 Å². The van der Waals surface area contributed by atoms with Crippen LogP contribution in [0.2, 0.25) is 0 Å². The number of hydrogen-bond donors (Lipinski definition) is 3. The minimum absolute atomic E-state index is 0. The molecule has 0 bridgehead atoms. The number of hydrogen-bond acceptors (Lipinski definition) is 5. The molecule has 0 spiro atoms. The van der Waals surface area contributed by atoms with Gasteiger partial charge in [0.15, 0.2) is 0 Å². The summed E-state index contributed by atoms with van der Waals surface area (Å²) in [5, 5.41) is 3.65. The second kappa shape index (κ2) is 10.7. The molecule has 2 rings (SSSR count). The molecule has 1 heterocycles. The number of para-hydroxylation sites is 1. The van der Waals surface area contributed by atoms with Crippen LogP contribution in [0.5, 0.6) is 0 Å². The highest BCUT2D eigenvalue weighted by atomic mass is 35.5. The number of nitrogens with one attached hydrogen (secondary N) is 1. The average Bonchev–Trinajstić information content (AvgIpc) is 2.95. The first kappa shape index (κ1) is 23.5. The highest BCUT2D eigenvalue weighted by molar-refractivity contribution is 5.89. The van der Waals surface area contributed by atoms with Gasteiger partial charge in [-0.25, -0.2) is 4.79 Å². The van der Waals surface area contributed by atoms with Gasteiger partial charge < -0.3 is 26.1 Å². The smallest absolute Gasteiger partial charge is 0.328 e. The summed E-state index contributed by atoms with van der Waals surface area (Å²) in [5.41, 5.74) is 12.8. The minimum Gasteiger partial charge on any atom is -0.464 e. The number of primary amides is 1. The van der Waals surface area contributed by atoms with Crippen LogP contribution in [0.3, 0.4) is 0 Å². The van der Waals surface area contributed by atoms with E-state index in [1.807, 2.05) is 42.1 Å². The Bertz CT molecular complexity index is 836. The molecule has 2 atom stereocenters. The summed E-state index contributed by atoms with van der Waals surface area (Å²) in [6.45, 7) is 1.90. The monoisotopic (exact) mass is 410 g/mol. The standard InChI is InChI=1S/C19H26N4O4.ClH/c1-3-27-19(26)15(22-18(25)14(20)8-9-17(21)24)10-12-11-23(2)16-7-5-4-6-13(12)16;/h4-7,11,14-15H,3,8-10,20H2,1-2H3,(H2,21,24)(H,22,25);1H/t14-,15+;/m0./s1.